The number of unbranched alkanes of at least 4 members (excludes halogenated alkanes) is 2. The second-order valence-electron chi connectivity index (χ2n) is 4.28. The average Bonchev–Trinajstić information content (AvgIpc) is 2.62. The van der Waals surface area contributed by atoms with E-state index in [0.29, 0.717) is 0 Å². The Morgan fingerprint density at radius 3 is 2.94 bits per heavy atom. The van der Waals surface area contributed by atoms with Crippen LogP contribution in [0, 0.1) is 0 Å². The fourth-order valence-electron chi connectivity index (χ4n) is 2.12. The number of nitrogens with one attached hydrogen (secondary N) is 1. The molecule has 0 aromatic rings. The van der Waals surface area contributed by atoms with E-state index in [4.69, 9.17) is 4.74 Å². The molecule has 1 rings (SSSR count). The molecule has 4 heteroatoms. The lowest BCUT2D eigenvalue weighted by Crippen LogP contribution is -2.38. The fourth-order valence-corrected chi connectivity index (χ4v) is 2.12. The number of carbonyl (C=O) groups is 1. The minimum absolute atomic E-state index is 0.0731. The van der Waals surface area contributed by atoms with Crippen molar-refractivity contribution in [3.05, 3.63) is 0 Å². The quantitative estimate of drug-likeness (QED) is 0.631. The van der Waals surface area contributed by atoms with E-state index < -0.39 is 0 Å². The zero-order valence-electron chi connectivity index (χ0n) is 10.5. The number of likely N-dealkylation sites (tertiary alicyclic amines) is 1. The molecule has 1 amide bonds. The molecule has 0 aliphatic carbocycles. The van der Waals surface area contributed by atoms with Crippen molar-refractivity contribution >= 4 is 5.91 Å². The van der Waals surface area contributed by atoms with Crippen LogP contribution in [0.2, 0.25) is 0 Å². The summed E-state index contributed by atoms with van der Waals surface area (Å²) in [5, 5.41) is 3.22. The van der Waals surface area contributed by atoms with Crippen LogP contribution in [0.1, 0.15) is 32.6 Å². The number of hydrogen-bond acceptors (Lipinski definition) is 3. The molecule has 1 aliphatic heterocycles. The van der Waals surface area contributed by atoms with Crippen molar-refractivity contribution < 1.29 is 9.53 Å². The van der Waals surface area contributed by atoms with Crippen LogP contribution in [-0.2, 0) is 9.53 Å². The van der Waals surface area contributed by atoms with Gasteiger partial charge in [0.15, 0.2) is 0 Å². The summed E-state index contributed by atoms with van der Waals surface area (Å²) in [6, 6.07) is 0.0731. The summed E-state index contributed by atoms with van der Waals surface area (Å²) >= 11 is 0. The first kappa shape index (κ1) is 13.5. The maximum Gasteiger partial charge on any atom is 0.239 e. The van der Waals surface area contributed by atoms with Gasteiger partial charge in [-0.3, -0.25) is 4.79 Å². The van der Waals surface area contributed by atoms with E-state index in [-0.39, 0.29) is 11.9 Å². The third-order valence-corrected chi connectivity index (χ3v) is 3.02. The summed E-state index contributed by atoms with van der Waals surface area (Å²) in [5.74, 6) is 0.286. The molecule has 1 unspecified atom stereocenters. The highest BCUT2D eigenvalue weighted by atomic mass is 16.5. The van der Waals surface area contributed by atoms with Gasteiger partial charge in [-0.25, -0.2) is 0 Å². The Bertz CT molecular complexity index is 209. The standard InChI is InChI=1S/C12H24N2O2/c1-3-13-11-7-9-14(12(11)15)8-5-4-6-10-16-2/h11,13H,3-10H2,1-2H3. The maximum atomic E-state index is 11.9. The van der Waals surface area contributed by atoms with Gasteiger partial charge >= 0.3 is 0 Å². The van der Waals surface area contributed by atoms with E-state index in [1.54, 1.807) is 7.11 Å². The van der Waals surface area contributed by atoms with Gasteiger partial charge in [0.05, 0.1) is 6.04 Å². The van der Waals surface area contributed by atoms with Crippen LogP contribution in [0.4, 0.5) is 0 Å². The summed E-state index contributed by atoms with van der Waals surface area (Å²) in [5.41, 5.74) is 0. The molecule has 0 radical (unpaired) electrons. The summed E-state index contributed by atoms with van der Waals surface area (Å²) in [6.07, 6.45) is 4.29. The predicted octanol–water partition coefficient (Wildman–Crippen LogP) is 1.01. The van der Waals surface area contributed by atoms with E-state index in [2.05, 4.69) is 5.32 Å². The smallest absolute Gasteiger partial charge is 0.239 e. The van der Waals surface area contributed by atoms with E-state index in [1.807, 2.05) is 11.8 Å². The van der Waals surface area contributed by atoms with Crippen LogP contribution < -0.4 is 5.32 Å². The highest BCUT2D eigenvalue weighted by Crippen LogP contribution is 2.12. The zero-order valence-corrected chi connectivity index (χ0v) is 10.5. The van der Waals surface area contributed by atoms with Crippen LogP contribution in [-0.4, -0.2) is 50.2 Å². The summed E-state index contributed by atoms with van der Waals surface area (Å²) in [7, 11) is 1.73. The third-order valence-electron chi connectivity index (χ3n) is 3.02. The number of methoxy groups -OCH3 is 1. The molecule has 4 nitrogen and oxygen atoms in total. The lowest BCUT2D eigenvalue weighted by Gasteiger charge is -2.16. The highest BCUT2D eigenvalue weighted by Gasteiger charge is 2.29. The molecule has 0 saturated carbocycles. The van der Waals surface area contributed by atoms with Crippen LogP contribution in [0.15, 0.2) is 0 Å². The highest BCUT2D eigenvalue weighted by molar-refractivity contribution is 5.83. The van der Waals surface area contributed by atoms with Gasteiger partial charge in [-0.1, -0.05) is 6.92 Å². The number of amides is 1. The van der Waals surface area contributed by atoms with Gasteiger partial charge in [-0.15, -0.1) is 0 Å². The van der Waals surface area contributed by atoms with Crippen molar-refractivity contribution in [2.24, 2.45) is 0 Å². The van der Waals surface area contributed by atoms with Crippen molar-refractivity contribution in [3.8, 4) is 0 Å². The normalized spacial score (nSPS) is 20.8. The Morgan fingerprint density at radius 2 is 2.25 bits per heavy atom. The molecule has 1 fully saturated rings. The van der Waals surface area contributed by atoms with Crippen molar-refractivity contribution in [2.45, 2.75) is 38.6 Å². The average molecular weight is 228 g/mol. The second kappa shape index (κ2) is 7.63. The molecule has 0 bridgehead atoms. The first-order valence-corrected chi connectivity index (χ1v) is 6.30. The van der Waals surface area contributed by atoms with Crippen LogP contribution in [0.3, 0.4) is 0 Å². The molecule has 1 heterocycles. The Labute approximate surface area is 98.3 Å². The minimum atomic E-state index is 0.0731. The first-order valence-electron chi connectivity index (χ1n) is 6.30. The Balaban J connectivity index is 2.12. The monoisotopic (exact) mass is 228 g/mol. The molecule has 1 aliphatic rings. The summed E-state index contributed by atoms with van der Waals surface area (Å²) < 4.78 is 4.99. The zero-order chi connectivity index (χ0) is 11.8. The lowest BCUT2D eigenvalue weighted by atomic mass is 10.2. The summed E-state index contributed by atoms with van der Waals surface area (Å²) in [6.45, 7) is 5.57. The van der Waals surface area contributed by atoms with Crippen molar-refractivity contribution in [2.75, 3.05) is 33.4 Å². The van der Waals surface area contributed by atoms with Gasteiger partial charge in [0, 0.05) is 26.8 Å². The maximum absolute atomic E-state index is 11.9. The van der Waals surface area contributed by atoms with Crippen molar-refractivity contribution in [3.63, 3.8) is 0 Å². The first-order chi connectivity index (χ1) is 7.79. The van der Waals surface area contributed by atoms with Gasteiger partial charge in [-0.05, 0) is 32.2 Å². The van der Waals surface area contributed by atoms with Gasteiger partial charge in [0.2, 0.25) is 5.91 Å². The van der Waals surface area contributed by atoms with Gasteiger partial charge in [0.25, 0.3) is 0 Å². The van der Waals surface area contributed by atoms with Crippen LogP contribution in [0.5, 0.6) is 0 Å². The van der Waals surface area contributed by atoms with Crippen LogP contribution in [0.25, 0.3) is 0 Å². The number of carbonyl (C=O) groups excluding carboxylic acids is 1. The van der Waals surface area contributed by atoms with Gasteiger partial charge in [-0.2, -0.15) is 0 Å². The number of likely N-dealkylation sites (N-methyl/N-ethyl adjacent to an activating group) is 1. The number of ether oxygens (including phenoxy) is 1. The molecule has 16 heavy (non-hydrogen) atoms. The van der Waals surface area contributed by atoms with Crippen LogP contribution >= 0.6 is 0 Å². The minimum Gasteiger partial charge on any atom is -0.385 e. The van der Waals surface area contributed by atoms with E-state index in [0.717, 1.165) is 51.9 Å². The molecule has 94 valence electrons. The topological polar surface area (TPSA) is 41.6 Å². The lowest BCUT2D eigenvalue weighted by molar-refractivity contribution is -0.129. The second-order valence-corrected chi connectivity index (χ2v) is 4.28. The van der Waals surface area contributed by atoms with E-state index in [9.17, 15) is 4.79 Å². The summed E-state index contributed by atoms with van der Waals surface area (Å²) in [4.78, 5) is 13.8. The van der Waals surface area contributed by atoms with Crippen molar-refractivity contribution in [1.82, 2.24) is 10.2 Å². The molecule has 1 atom stereocenters. The van der Waals surface area contributed by atoms with Gasteiger partial charge in [0.1, 0.15) is 0 Å². The Kier molecular flexibility index (Phi) is 6.42. The van der Waals surface area contributed by atoms with E-state index in [1.165, 1.54) is 0 Å². The fraction of sp³-hybridized carbons (Fsp3) is 0.917. The number of hydrogen-bond donors (Lipinski definition) is 1. The molecule has 1 N–H and O–H groups in total. The molecule has 1 saturated heterocycles. The SMILES string of the molecule is CCNC1CCN(CCCCCOC)C1=O. The van der Waals surface area contributed by atoms with Gasteiger partial charge < -0.3 is 15.0 Å². The van der Waals surface area contributed by atoms with Crippen molar-refractivity contribution in [1.29, 1.82) is 0 Å². The third kappa shape index (κ3) is 4.10. The molecule has 0 aromatic heterocycles. The van der Waals surface area contributed by atoms with E-state index >= 15 is 0 Å². The Hall–Kier alpha value is -0.610. The number of rotatable bonds is 8. The molecule has 0 spiro atoms. The molecular weight excluding hydrogens is 204 g/mol. The Morgan fingerprint density at radius 1 is 1.44 bits per heavy atom. The largest absolute Gasteiger partial charge is 0.385 e. The number of nitrogens with zero attached hydrogens (tertiary/aromatic N) is 1. The predicted molar refractivity (Wildman–Crippen MR) is 64.4 cm³/mol. The molecular formula is C12H24N2O2. The molecule has 0 aromatic carbocycles.